The monoisotopic (exact) mass is 474 g/mol. The molecule has 10 heteroatoms. The van der Waals surface area contributed by atoms with Gasteiger partial charge in [-0.25, -0.2) is 4.79 Å². The normalized spacial score (nSPS) is 23.0. The van der Waals surface area contributed by atoms with Gasteiger partial charge in [-0.3, -0.25) is 9.80 Å². The van der Waals surface area contributed by atoms with Gasteiger partial charge in [0.2, 0.25) is 0 Å². The molecule has 1 atom stereocenters. The van der Waals surface area contributed by atoms with Gasteiger partial charge in [0.1, 0.15) is 12.3 Å². The standard InChI is InChI=1S/C19H34N4O3.3ClH/c24-16-4-5-18(22-10-2-1-3-11-22)19(25)26-23-14-12-21(13-15-23)17-6-8-20-9-7-17;;;/h16-18,20H,1-15H2;3*1H. The zero-order chi connectivity index (χ0) is 18.2. The van der Waals surface area contributed by atoms with E-state index < -0.39 is 0 Å². The Bertz CT molecular complexity index is 456. The van der Waals surface area contributed by atoms with Crippen molar-refractivity contribution < 1.29 is 14.4 Å². The van der Waals surface area contributed by atoms with Gasteiger partial charge in [-0.05, 0) is 58.3 Å². The molecular formula is C19H37Cl3N4O3. The first kappa shape index (κ1) is 28.9. The van der Waals surface area contributed by atoms with Crippen molar-refractivity contribution in [3.05, 3.63) is 0 Å². The number of carbonyl (C=O) groups excluding carboxylic acids is 2. The van der Waals surface area contributed by atoms with Crippen LogP contribution >= 0.6 is 37.2 Å². The Morgan fingerprint density at radius 1 is 0.966 bits per heavy atom. The van der Waals surface area contributed by atoms with E-state index in [2.05, 4.69) is 15.1 Å². The molecule has 0 bridgehead atoms. The number of halogens is 3. The maximum atomic E-state index is 12.8. The minimum atomic E-state index is -0.275. The van der Waals surface area contributed by atoms with E-state index in [0.717, 1.165) is 71.5 Å². The molecule has 172 valence electrons. The number of hydrogen-bond acceptors (Lipinski definition) is 7. The first-order chi connectivity index (χ1) is 12.8. The van der Waals surface area contributed by atoms with Crippen molar-refractivity contribution >= 4 is 49.5 Å². The van der Waals surface area contributed by atoms with Crippen LogP contribution in [0.4, 0.5) is 0 Å². The number of likely N-dealkylation sites (tertiary alicyclic amines) is 1. The molecule has 1 N–H and O–H groups in total. The predicted octanol–water partition coefficient (Wildman–Crippen LogP) is 1.91. The van der Waals surface area contributed by atoms with Crippen molar-refractivity contribution in [1.29, 1.82) is 0 Å². The van der Waals surface area contributed by atoms with Crippen LogP contribution in [-0.4, -0.2) is 91.6 Å². The van der Waals surface area contributed by atoms with Gasteiger partial charge in [0.25, 0.3) is 0 Å². The average molecular weight is 476 g/mol. The van der Waals surface area contributed by atoms with E-state index in [0.29, 0.717) is 18.9 Å². The molecule has 0 saturated carbocycles. The molecule has 0 aromatic heterocycles. The molecule has 0 aliphatic carbocycles. The Labute approximate surface area is 193 Å². The summed E-state index contributed by atoms with van der Waals surface area (Å²) in [5.41, 5.74) is 0. The van der Waals surface area contributed by atoms with E-state index in [-0.39, 0.29) is 49.2 Å². The van der Waals surface area contributed by atoms with Crippen molar-refractivity contribution in [2.75, 3.05) is 52.4 Å². The zero-order valence-electron chi connectivity index (χ0n) is 17.1. The van der Waals surface area contributed by atoms with Crippen molar-refractivity contribution in [2.24, 2.45) is 0 Å². The molecule has 3 fully saturated rings. The summed E-state index contributed by atoms with van der Waals surface area (Å²) in [7, 11) is 0. The molecule has 7 nitrogen and oxygen atoms in total. The summed E-state index contributed by atoms with van der Waals surface area (Å²) in [6.07, 6.45) is 7.79. The fraction of sp³-hybridized carbons (Fsp3) is 0.895. The SMILES string of the molecule is Cl.Cl.Cl.O=CCCC(C(=O)ON1CCN(C2CCNCC2)CC1)N1CCCCC1. The zero-order valence-corrected chi connectivity index (χ0v) is 19.6. The molecule has 0 amide bonds. The summed E-state index contributed by atoms with van der Waals surface area (Å²) < 4.78 is 0. The molecule has 3 rings (SSSR count). The number of nitrogens with zero attached hydrogens (tertiary/aromatic N) is 3. The van der Waals surface area contributed by atoms with Gasteiger partial charge in [-0.2, -0.15) is 0 Å². The van der Waals surface area contributed by atoms with Gasteiger partial charge in [0.15, 0.2) is 0 Å². The molecule has 1 unspecified atom stereocenters. The summed E-state index contributed by atoms with van der Waals surface area (Å²) in [5, 5.41) is 5.24. The van der Waals surface area contributed by atoms with E-state index in [1.54, 1.807) is 0 Å². The van der Waals surface area contributed by atoms with E-state index in [1.165, 1.54) is 19.3 Å². The van der Waals surface area contributed by atoms with Crippen LogP contribution in [0.15, 0.2) is 0 Å². The quantitative estimate of drug-likeness (QED) is 0.564. The summed E-state index contributed by atoms with van der Waals surface area (Å²) >= 11 is 0. The third-order valence-corrected chi connectivity index (χ3v) is 5.98. The Morgan fingerprint density at radius 2 is 1.59 bits per heavy atom. The summed E-state index contributed by atoms with van der Waals surface area (Å²) in [6, 6.07) is 0.394. The number of piperazine rings is 1. The molecule has 3 heterocycles. The van der Waals surface area contributed by atoms with Crippen LogP contribution in [0.25, 0.3) is 0 Å². The van der Waals surface area contributed by atoms with Crippen LogP contribution in [0.5, 0.6) is 0 Å². The van der Waals surface area contributed by atoms with Crippen LogP contribution in [0.3, 0.4) is 0 Å². The Balaban J connectivity index is 0.00000261. The van der Waals surface area contributed by atoms with Crippen LogP contribution in [-0.2, 0) is 14.4 Å². The predicted molar refractivity (Wildman–Crippen MR) is 121 cm³/mol. The van der Waals surface area contributed by atoms with Crippen molar-refractivity contribution in [2.45, 2.75) is 57.0 Å². The summed E-state index contributed by atoms with van der Waals surface area (Å²) in [6.45, 7) is 7.54. The highest BCUT2D eigenvalue weighted by Crippen LogP contribution is 2.18. The molecule has 0 spiro atoms. The maximum absolute atomic E-state index is 12.8. The van der Waals surface area contributed by atoms with Gasteiger partial charge in [-0.15, -0.1) is 42.3 Å². The molecule has 3 aliphatic heterocycles. The number of piperidine rings is 2. The molecule has 0 radical (unpaired) electrons. The second-order valence-electron chi connectivity index (χ2n) is 7.71. The van der Waals surface area contributed by atoms with Crippen LogP contribution in [0.2, 0.25) is 0 Å². The minimum absolute atomic E-state index is 0. The maximum Gasteiger partial charge on any atom is 0.342 e. The van der Waals surface area contributed by atoms with Gasteiger partial charge in [0.05, 0.1) is 0 Å². The van der Waals surface area contributed by atoms with Gasteiger partial charge >= 0.3 is 5.97 Å². The number of carbonyl (C=O) groups is 2. The molecule has 3 saturated heterocycles. The summed E-state index contributed by atoms with van der Waals surface area (Å²) in [5.74, 6) is -0.177. The Hall–Kier alpha value is -0.150. The van der Waals surface area contributed by atoms with Crippen LogP contribution in [0.1, 0.15) is 44.9 Å². The number of nitrogens with one attached hydrogen (secondary N) is 1. The van der Waals surface area contributed by atoms with Crippen molar-refractivity contribution in [3.8, 4) is 0 Å². The van der Waals surface area contributed by atoms with Crippen molar-refractivity contribution in [3.63, 3.8) is 0 Å². The topological polar surface area (TPSA) is 65.1 Å². The highest BCUT2D eigenvalue weighted by molar-refractivity contribution is 5.86. The number of aldehydes is 1. The minimum Gasteiger partial charge on any atom is -0.366 e. The molecule has 0 aromatic rings. The smallest absolute Gasteiger partial charge is 0.342 e. The molecule has 0 aromatic carbocycles. The third kappa shape index (κ3) is 8.85. The molecular weight excluding hydrogens is 439 g/mol. The van der Waals surface area contributed by atoms with E-state index in [1.807, 2.05) is 5.06 Å². The van der Waals surface area contributed by atoms with E-state index in [9.17, 15) is 9.59 Å². The fourth-order valence-electron chi connectivity index (χ4n) is 4.43. The Kier molecular flexibility index (Phi) is 15.5. The van der Waals surface area contributed by atoms with E-state index in [4.69, 9.17) is 4.84 Å². The second-order valence-corrected chi connectivity index (χ2v) is 7.71. The largest absolute Gasteiger partial charge is 0.366 e. The first-order valence-corrected chi connectivity index (χ1v) is 10.4. The van der Waals surface area contributed by atoms with Crippen LogP contribution < -0.4 is 5.32 Å². The molecule has 3 aliphatic rings. The fourth-order valence-corrected chi connectivity index (χ4v) is 4.43. The van der Waals surface area contributed by atoms with Gasteiger partial charge in [0, 0.05) is 38.6 Å². The number of hydroxylamine groups is 2. The average Bonchev–Trinajstić information content (AvgIpc) is 2.70. The lowest BCUT2D eigenvalue weighted by Gasteiger charge is -2.40. The highest BCUT2D eigenvalue weighted by atomic mass is 35.5. The van der Waals surface area contributed by atoms with Gasteiger partial charge in [-0.1, -0.05) is 6.42 Å². The lowest BCUT2D eigenvalue weighted by molar-refractivity contribution is -0.205. The third-order valence-electron chi connectivity index (χ3n) is 5.98. The summed E-state index contributed by atoms with van der Waals surface area (Å²) in [4.78, 5) is 34.0. The van der Waals surface area contributed by atoms with Gasteiger partial charge < -0.3 is 14.9 Å². The first-order valence-electron chi connectivity index (χ1n) is 10.4. The number of hydrogen-bond donors (Lipinski definition) is 1. The highest BCUT2D eigenvalue weighted by Gasteiger charge is 2.31. The lowest BCUT2D eigenvalue weighted by Crippen LogP contribution is -2.54. The molecule has 29 heavy (non-hydrogen) atoms. The Morgan fingerprint density at radius 3 is 2.17 bits per heavy atom. The van der Waals surface area contributed by atoms with E-state index >= 15 is 0 Å². The second kappa shape index (κ2) is 15.6. The number of rotatable bonds is 7. The van der Waals surface area contributed by atoms with Crippen LogP contribution in [0, 0.1) is 0 Å². The lowest BCUT2D eigenvalue weighted by atomic mass is 10.0. The van der Waals surface area contributed by atoms with Crippen molar-refractivity contribution in [1.82, 2.24) is 20.2 Å².